The van der Waals surface area contributed by atoms with E-state index in [1.54, 1.807) is 6.08 Å². The van der Waals surface area contributed by atoms with Crippen molar-refractivity contribution in [3.05, 3.63) is 24.8 Å². The molecule has 1 saturated heterocycles. The molecule has 0 spiro atoms. The highest BCUT2D eigenvalue weighted by Gasteiger charge is 2.31. The van der Waals surface area contributed by atoms with Crippen molar-refractivity contribution >= 4 is 0 Å². The molecule has 0 aliphatic carbocycles. The SMILES string of the molecule is C=C/C=C/CCCC1COC(C)(C)O1. The van der Waals surface area contributed by atoms with Gasteiger partial charge in [0.1, 0.15) is 0 Å². The third kappa shape index (κ3) is 4.07. The molecule has 0 N–H and O–H groups in total. The topological polar surface area (TPSA) is 18.5 Å². The summed E-state index contributed by atoms with van der Waals surface area (Å²) in [5.74, 6) is -0.373. The lowest BCUT2D eigenvalue weighted by atomic mass is 10.1. The first-order chi connectivity index (χ1) is 6.64. The summed E-state index contributed by atoms with van der Waals surface area (Å²) < 4.78 is 11.2. The fourth-order valence-electron chi connectivity index (χ4n) is 1.56. The van der Waals surface area contributed by atoms with Crippen LogP contribution in [0.1, 0.15) is 33.1 Å². The normalized spacial score (nSPS) is 25.7. The largest absolute Gasteiger partial charge is 0.348 e. The van der Waals surface area contributed by atoms with Crippen LogP contribution in [0, 0.1) is 0 Å². The molecule has 2 nitrogen and oxygen atoms in total. The molecule has 0 amide bonds. The summed E-state index contributed by atoms with van der Waals surface area (Å²) in [6, 6.07) is 0. The van der Waals surface area contributed by atoms with Crippen molar-refractivity contribution in [2.24, 2.45) is 0 Å². The van der Waals surface area contributed by atoms with Gasteiger partial charge in [-0.2, -0.15) is 0 Å². The van der Waals surface area contributed by atoms with Crippen molar-refractivity contribution < 1.29 is 9.47 Å². The Morgan fingerprint density at radius 2 is 2.29 bits per heavy atom. The van der Waals surface area contributed by atoms with Gasteiger partial charge < -0.3 is 9.47 Å². The van der Waals surface area contributed by atoms with Gasteiger partial charge in [-0.15, -0.1) is 0 Å². The molecule has 0 bridgehead atoms. The van der Waals surface area contributed by atoms with Crippen LogP contribution < -0.4 is 0 Å². The predicted molar refractivity (Wildman–Crippen MR) is 58.1 cm³/mol. The van der Waals surface area contributed by atoms with E-state index in [2.05, 4.69) is 12.7 Å². The van der Waals surface area contributed by atoms with E-state index in [1.165, 1.54) is 0 Å². The third-order valence-electron chi connectivity index (χ3n) is 2.24. The smallest absolute Gasteiger partial charge is 0.163 e. The summed E-state index contributed by atoms with van der Waals surface area (Å²) in [7, 11) is 0. The minimum absolute atomic E-state index is 0.280. The maximum absolute atomic E-state index is 5.69. The fraction of sp³-hybridized carbons (Fsp3) is 0.667. The zero-order valence-corrected chi connectivity index (χ0v) is 9.16. The Bertz CT molecular complexity index is 206. The molecule has 0 radical (unpaired) electrons. The second-order valence-corrected chi connectivity index (χ2v) is 4.05. The van der Waals surface area contributed by atoms with Gasteiger partial charge in [0.15, 0.2) is 5.79 Å². The Balaban J connectivity index is 2.09. The Kier molecular flexibility index (Phi) is 4.36. The summed E-state index contributed by atoms with van der Waals surface area (Å²) in [6.07, 6.45) is 9.51. The lowest BCUT2D eigenvalue weighted by Crippen LogP contribution is -2.21. The summed E-state index contributed by atoms with van der Waals surface area (Å²) in [5, 5.41) is 0. The number of ether oxygens (including phenoxy) is 2. The van der Waals surface area contributed by atoms with Crippen LogP contribution in [0.25, 0.3) is 0 Å². The van der Waals surface area contributed by atoms with Gasteiger partial charge in [-0.3, -0.25) is 0 Å². The first-order valence-corrected chi connectivity index (χ1v) is 5.23. The van der Waals surface area contributed by atoms with Crippen LogP contribution in [0.15, 0.2) is 24.8 Å². The summed E-state index contributed by atoms with van der Waals surface area (Å²) in [6.45, 7) is 8.28. The molecule has 1 fully saturated rings. The average molecular weight is 196 g/mol. The van der Waals surface area contributed by atoms with Gasteiger partial charge in [0.2, 0.25) is 0 Å². The zero-order valence-electron chi connectivity index (χ0n) is 9.16. The van der Waals surface area contributed by atoms with Gasteiger partial charge in [-0.1, -0.05) is 24.8 Å². The van der Waals surface area contributed by atoms with E-state index in [4.69, 9.17) is 9.47 Å². The molecule has 0 saturated carbocycles. The van der Waals surface area contributed by atoms with Crippen LogP contribution in [0.3, 0.4) is 0 Å². The number of hydrogen-bond donors (Lipinski definition) is 0. The number of rotatable bonds is 5. The first kappa shape index (κ1) is 11.5. The van der Waals surface area contributed by atoms with E-state index < -0.39 is 0 Å². The van der Waals surface area contributed by atoms with Crippen molar-refractivity contribution in [3.63, 3.8) is 0 Å². The molecule has 0 aromatic rings. The molecule has 0 aromatic carbocycles. The molecule has 0 aromatic heterocycles. The van der Waals surface area contributed by atoms with Crippen LogP contribution >= 0.6 is 0 Å². The summed E-state index contributed by atoms with van der Waals surface area (Å²) in [4.78, 5) is 0. The second-order valence-electron chi connectivity index (χ2n) is 4.05. The molecule has 2 heteroatoms. The molecule has 14 heavy (non-hydrogen) atoms. The van der Waals surface area contributed by atoms with Gasteiger partial charge in [0, 0.05) is 0 Å². The highest BCUT2D eigenvalue weighted by Crippen LogP contribution is 2.25. The Morgan fingerprint density at radius 3 is 2.86 bits per heavy atom. The van der Waals surface area contributed by atoms with E-state index in [9.17, 15) is 0 Å². The lowest BCUT2D eigenvalue weighted by molar-refractivity contribution is -0.139. The molecular formula is C12H20O2. The first-order valence-electron chi connectivity index (χ1n) is 5.23. The van der Waals surface area contributed by atoms with Crippen LogP contribution in [-0.2, 0) is 9.47 Å². The zero-order chi connectivity index (χ0) is 10.4. The molecule has 1 rings (SSSR count). The Labute approximate surface area is 86.6 Å². The minimum Gasteiger partial charge on any atom is -0.348 e. The van der Waals surface area contributed by atoms with Crippen molar-refractivity contribution in [2.75, 3.05) is 6.61 Å². The monoisotopic (exact) mass is 196 g/mol. The van der Waals surface area contributed by atoms with Crippen molar-refractivity contribution in [1.82, 2.24) is 0 Å². The lowest BCUT2D eigenvalue weighted by Gasteiger charge is -2.16. The van der Waals surface area contributed by atoms with Crippen molar-refractivity contribution in [3.8, 4) is 0 Å². The van der Waals surface area contributed by atoms with E-state index in [0.29, 0.717) is 0 Å². The van der Waals surface area contributed by atoms with Crippen molar-refractivity contribution in [1.29, 1.82) is 0 Å². The maximum Gasteiger partial charge on any atom is 0.163 e. The van der Waals surface area contributed by atoms with E-state index >= 15 is 0 Å². The highest BCUT2D eigenvalue weighted by molar-refractivity contribution is 4.96. The highest BCUT2D eigenvalue weighted by atomic mass is 16.7. The van der Waals surface area contributed by atoms with Gasteiger partial charge in [-0.25, -0.2) is 0 Å². The molecule has 1 unspecified atom stereocenters. The van der Waals surface area contributed by atoms with Gasteiger partial charge in [0.05, 0.1) is 12.7 Å². The van der Waals surface area contributed by atoms with Crippen LogP contribution in [-0.4, -0.2) is 18.5 Å². The van der Waals surface area contributed by atoms with Crippen LogP contribution in [0.2, 0.25) is 0 Å². The number of hydrogen-bond acceptors (Lipinski definition) is 2. The molecule has 1 heterocycles. The molecule has 80 valence electrons. The quantitative estimate of drug-likeness (QED) is 0.497. The third-order valence-corrected chi connectivity index (χ3v) is 2.24. The Morgan fingerprint density at radius 1 is 1.50 bits per heavy atom. The molecule has 1 aliphatic heterocycles. The van der Waals surface area contributed by atoms with Crippen molar-refractivity contribution in [2.45, 2.75) is 45.0 Å². The van der Waals surface area contributed by atoms with E-state index in [0.717, 1.165) is 25.9 Å². The number of unbranched alkanes of at least 4 members (excludes halogenated alkanes) is 1. The summed E-state index contributed by atoms with van der Waals surface area (Å²) >= 11 is 0. The van der Waals surface area contributed by atoms with E-state index in [-0.39, 0.29) is 11.9 Å². The number of allylic oxidation sites excluding steroid dienone is 3. The van der Waals surface area contributed by atoms with Gasteiger partial charge >= 0.3 is 0 Å². The molecule has 1 aliphatic rings. The minimum atomic E-state index is -0.373. The van der Waals surface area contributed by atoms with Gasteiger partial charge in [0.25, 0.3) is 0 Å². The van der Waals surface area contributed by atoms with Gasteiger partial charge in [-0.05, 0) is 33.1 Å². The fourth-order valence-corrected chi connectivity index (χ4v) is 1.56. The van der Waals surface area contributed by atoms with Crippen LogP contribution in [0.4, 0.5) is 0 Å². The molecule has 1 atom stereocenters. The standard InChI is InChI=1S/C12H20O2/c1-4-5-6-7-8-9-11-10-13-12(2,3)14-11/h4-6,11H,1,7-10H2,2-3H3/b6-5+. The molecular weight excluding hydrogens is 176 g/mol. The second kappa shape index (κ2) is 5.32. The predicted octanol–water partition coefficient (Wildman–Crippen LogP) is 3.05. The van der Waals surface area contributed by atoms with E-state index in [1.807, 2.05) is 19.9 Å². The van der Waals surface area contributed by atoms with Crippen LogP contribution in [0.5, 0.6) is 0 Å². The maximum atomic E-state index is 5.69. The Hall–Kier alpha value is -0.600. The summed E-state index contributed by atoms with van der Waals surface area (Å²) in [5.41, 5.74) is 0. The average Bonchev–Trinajstić information content (AvgIpc) is 2.45.